The Morgan fingerprint density at radius 1 is 1.26 bits per heavy atom. The summed E-state index contributed by atoms with van der Waals surface area (Å²) in [7, 11) is 1.64. The molecule has 1 aromatic carbocycles. The van der Waals surface area contributed by atoms with Crippen LogP contribution in [0.15, 0.2) is 4.47 Å². The summed E-state index contributed by atoms with van der Waals surface area (Å²) in [6.07, 6.45) is 0.898. The molecule has 1 aromatic rings. The second kappa shape index (κ2) is 6.70. The molecule has 0 heterocycles. The van der Waals surface area contributed by atoms with E-state index in [9.17, 15) is 9.59 Å². The lowest BCUT2D eigenvalue weighted by Gasteiger charge is -2.18. The molecule has 0 fully saturated rings. The molecular weight excluding hydrogens is 310 g/mol. The average Bonchev–Trinajstić information content (AvgIpc) is 2.41. The minimum Gasteiger partial charge on any atom is -0.496 e. The van der Waals surface area contributed by atoms with Crippen LogP contribution in [0, 0.1) is 20.8 Å². The highest BCUT2D eigenvalue weighted by molar-refractivity contribution is 9.10. The molecule has 0 atom stereocenters. The Balaban J connectivity index is 3.05. The van der Waals surface area contributed by atoms with Crippen LogP contribution < -0.4 is 10.1 Å². The Kier molecular flexibility index (Phi) is 5.54. The van der Waals surface area contributed by atoms with Crippen molar-refractivity contribution < 1.29 is 14.3 Å². The van der Waals surface area contributed by atoms with Crippen molar-refractivity contribution in [2.24, 2.45) is 0 Å². The Morgan fingerprint density at radius 2 is 1.89 bits per heavy atom. The fourth-order valence-electron chi connectivity index (χ4n) is 2.07. The third-order valence-electron chi connectivity index (χ3n) is 3.27. The van der Waals surface area contributed by atoms with Crippen LogP contribution in [-0.2, 0) is 16.0 Å². The highest BCUT2D eigenvalue weighted by Gasteiger charge is 2.16. The van der Waals surface area contributed by atoms with E-state index in [4.69, 9.17) is 4.74 Å². The minimum absolute atomic E-state index is 0.278. The SMILES string of the molecule is COc1c(C)c(C)c(Br)c(C)c1CCNC(=O)C=O. The molecular formula is C14H18BrNO3. The van der Waals surface area contributed by atoms with E-state index in [1.165, 1.54) is 0 Å². The molecule has 0 aliphatic heterocycles. The van der Waals surface area contributed by atoms with Crippen LogP contribution in [0.25, 0.3) is 0 Å². The lowest BCUT2D eigenvalue weighted by molar-refractivity contribution is -0.131. The molecule has 0 saturated carbocycles. The van der Waals surface area contributed by atoms with E-state index in [2.05, 4.69) is 21.2 Å². The maximum absolute atomic E-state index is 10.9. The number of carbonyl (C=O) groups is 2. The molecule has 5 heteroatoms. The molecule has 0 bridgehead atoms. The molecule has 0 saturated heterocycles. The Morgan fingerprint density at radius 3 is 2.42 bits per heavy atom. The number of rotatable bonds is 5. The van der Waals surface area contributed by atoms with E-state index in [1.807, 2.05) is 20.8 Å². The number of methoxy groups -OCH3 is 1. The van der Waals surface area contributed by atoms with Gasteiger partial charge in [-0.15, -0.1) is 0 Å². The van der Waals surface area contributed by atoms with Gasteiger partial charge in [0.05, 0.1) is 7.11 Å². The van der Waals surface area contributed by atoms with Crippen molar-refractivity contribution in [3.8, 4) is 5.75 Å². The zero-order valence-corrected chi connectivity index (χ0v) is 13.2. The van der Waals surface area contributed by atoms with Gasteiger partial charge < -0.3 is 10.1 Å². The second-order valence-corrected chi connectivity index (χ2v) is 5.15. The number of benzene rings is 1. The number of hydrogen-bond donors (Lipinski definition) is 1. The van der Waals surface area contributed by atoms with Gasteiger partial charge in [-0.1, -0.05) is 15.9 Å². The predicted molar refractivity (Wildman–Crippen MR) is 77.7 cm³/mol. The van der Waals surface area contributed by atoms with E-state index in [0.29, 0.717) is 13.0 Å². The van der Waals surface area contributed by atoms with Crippen molar-refractivity contribution in [2.45, 2.75) is 27.2 Å². The fraction of sp³-hybridized carbons (Fsp3) is 0.429. The highest BCUT2D eigenvalue weighted by atomic mass is 79.9. The van der Waals surface area contributed by atoms with Crippen LogP contribution in [0.4, 0.5) is 0 Å². The number of carbonyl (C=O) groups excluding carboxylic acids is 2. The van der Waals surface area contributed by atoms with Crippen LogP contribution in [0.1, 0.15) is 22.3 Å². The third kappa shape index (κ3) is 3.35. The van der Waals surface area contributed by atoms with E-state index in [-0.39, 0.29) is 6.29 Å². The van der Waals surface area contributed by atoms with Gasteiger partial charge in [0.1, 0.15) is 5.75 Å². The molecule has 19 heavy (non-hydrogen) atoms. The fourth-order valence-corrected chi connectivity index (χ4v) is 2.61. The number of aldehydes is 1. The molecule has 0 aliphatic carbocycles. The molecule has 0 radical (unpaired) electrons. The Hall–Kier alpha value is -1.36. The molecule has 0 spiro atoms. The summed E-state index contributed by atoms with van der Waals surface area (Å²) in [4.78, 5) is 21.2. The summed E-state index contributed by atoms with van der Waals surface area (Å²) < 4.78 is 6.53. The third-order valence-corrected chi connectivity index (χ3v) is 4.46. The van der Waals surface area contributed by atoms with Crippen LogP contribution >= 0.6 is 15.9 Å². The monoisotopic (exact) mass is 327 g/mol. The van der Waals surface area contributed by atoms with E-state index in [0.717, 1.165) is 32.5 Å². The van der Waals surface area contributed by atoms with Crippen molar-refractivity contribution in [3.05, 3.63) is 26.7 Å². The zero-order chi connectivity index (χ0) is 14.6. The molecule has 1 amide bonds. The summed E-state index contributed by atoms with van der Waals surface area (Å²) in [5.74, 6) is 0.248. The summed E-state index contributed by atoms with van der Waals surface area (Å²) >= 11 is 3.58. The van der Waals surface area contributed by atoms with Gasteiger partial charge in [0, 0.05) is 16.6 Å². The maximum Gasteiger partial charge on any atom is 0.284 e. The molecule has 1 rings (SSSR count). The topological polar surface area (TPSA) is 55.4 Å². The molecule has 0 aromatic heterocycles. The first kappa shape index (κ1) is 15.7. The van der Waals surface area contributed by atoms with E-state index in [1.54, 1.807) is 7.11 Å². The molecule has 104 valence electrons. The van der Waals surface area contributed by atoms with Gasteiger partial charge in [0.15, 0.2) is 0 Å². The van der Waals surface area contributed by atoms with Gasteiger partial charge in [-0.25, -0.2) is 0 Å². The number of amides is 1. The quantitative estimate of drug-likeness (QED) is 0.666. The lowest BCUT2D eigenvalue weighted by atomic mass is 9.97. The number of hydrogen-bond acceptors (Lipinski definition) is 3. The number of nitrogens with one attached hydrogen (secondary N) is 1. The molecule has 4 nitrogen and oxygen atoms in total. The van der Waals surface area contributed by atoms with Gasteiger partial charge in [0.2, 0.25) is 6.29 Å². The first-order chi connectivity index (χ1) is 8.93. The summed E-state index contributed by atoms with van der Waals surface area (Å²) in [6.45, 7) is 6.46. The molecule has 1 N–H and O–H groups in total. The van der Waals surface area contributed by atoms with Crippen molar-refractivity contribution in [1.82, 2.24) is 5.32 Å². The van der Waals surface area contributed by atoms with Crippen LogP contribution in [-0.4, -0.2) is 25.8 Å². The van der Waals surface area contributed by atoms with Crippen LogP contribution in [0.5, 0.6) is 5.75 Å². The highest BCUT2D eigenvalue weighted by Crippen LogP contribution is 2.36. The smallest absolute Gasteiger partial charge is 0.284 e. The Labute approximate surface area is 121 Å². The van der Waals surface area contributed by atoms with Crippen molar-refractivity contribution in [3.63, 3.8) is 0 Å². The van der Waals surface area contributed by atoms with Crippen LogP contribution in [0.2, 0.25) is 0 Å². The minimum atomic E-state index is -0.598. The summed E-state index contributed by atoms with van der Waals surface area (Å²) in [6, 6.07) is 0. The average molecular weight is 328 g/mol. The van der Waals surface area contributed by atoms with E-state index >= 15 is 0 Å². The first-order valence-corrected chi connectivity index (χ1v) is 6.78. The number of halogens is 1. The van der Waals surface area contributed by atoms with Gasteiger partial charge in [-0.2, -0.15) is 0 Å². The van der Waals surface area contributed by atoms with Crippen LogP contribution in [0.3, 0.4) is 0 Å². The van der Waals surface area contributed by atoms with Gasteiger partial charge >= 0.3 is 0 Å². The van der Waals surface area contributed by atoms with Crippen molar-refractivity contribution in [2.75, 3.05) is 13.7 Å². The summed E-state index contributed by atoms with van der Waals surface area (Å²) in [5, 5.41) is 2.54. The molecule has 0 aliphatic rings. The van der Waals surface area contributed by atoms with E-state index < -0.39 is 5.91 Å². The van der Waals surface area contributed by atoms with Crippen molar-refractivity contribution >= 4 is 28.1 Å². The normalized spacial score (nSPS) is 10.2. The first-order valence-electron chi connectivity index (χ1n) is 5.99. The number of ether oxygens (including phenoxy) is 1. The van der Waals surface area contributed by atoms with Crippen molar-refractivity contribution in [1.29, 1.82) is 0 Å². The lowest BCUT2D eigenvalue weighted by Crippen LogP contribution is -2.26. The zero-order valence-electron chi connectivity index (χ0n) is 11.6. The second-order valence-electron chi connectivity index (χ2n) is 4.36. The van der Waals surface area contributed by atoms with Gasteiger partial charge in [-0.3, -0.25) is 9.59 Å². The molecule has 0 unspecified atom stereocenters. The predicted octanol–water partition coefficient (Wildman–Crippen LogP) is 2.24. The van der Waals surface area contributed by atoms with Gasteiger partial charge in [0.25, 0.3) is 5.91 Å². The summed E-state index contributed by atoms with van der Waals surface area (Å²) in [5.41, 5.74) is 4.37. The maximum atomic E-state index is 10.9. The largest absolute Gasteiger partial charge is 0.496 e. The standard InChI is InChI=1S/C14H18BrNO3/c1-8-9(2)14(19-4)11(10(3)13(8)15)5-6-16-12(18)7-17/h7H,5-6H2,1-4H3,(H,16,18). The Bertz CT molecular complexity index is 512. The van der Waals surface area contributed by atoms with Gasteiger partial charge in [-0.05, 0) is 43.9 Å².